The molecule has 0 bridgehead atoms. The molecule has 1 atom stereocenters. The summed E-state index contributed by atoms with van der Waals surface area (Å²) in [7, 11) is 0. The summed E-state index contributed by atoms with van der Waals surface area (Å²) in [5, 5.41) is 8.77. The molecule has 0 amide bonds. The molecule has 0 spiro atoms. The highest BCUT2D eigenvalue weighted by Crippen LogP contribution is 2.23. The van der Waals surface area contributed by atoms with E-state index in [1.54, 1.807) is 6.07 Å². The first kappa shape index (κ1) is 13.6. The van der Waals surface area contributed by atoms with E-state index in [1.165, 1.54) is 6.92 Å². The molecule has 1 N–H and O–H groups in total. The van der Waals surface area contributed by atoms with Gasteiger partial charge in [-0.3, -0.25) is 4.79 Å². The molecule has 1 aromatic carbocycles. The fraction of sp³-hybridized carbons (Fsp3) is 0.462. The third kappa shape index (κ3) is 3.25. The van der Waals surface area contributed by atoms with Crippen LogP contribution < -0.4 is 0 Å². The molecule has 1 unspecified atom stereocenters. The summed E-state index contributed by atoms with van der Waals surface area (Å²) in [5.74, 6) is -3.53. The minimum absolute atomic E-state index is 0.00134. The number of benzene rings is 1. The van der Waals surface area contributed by atoms with Crippen molar-refractivity contribution in [3.63, 3.8) is 0 Å². The second-order valence-corrected chi connectivity index (χ2v) is 4.57. The zero-order valence-corrected chi connectivity index (χ0v) is 10.1. The van der Waals surface area contributed by atoms with Crippen LogP contribution in [0.5, 0.6) is 0 Å². The van der Waals surface area contributed by atoms with Gasteiger partial charge in [0.05, 0.1) is 5.92 Å². The summed E-state index contributed by atoms with van der Waals surface area (Å²) in [6.07, 6.45) is -0.00134. The zero-order valence-electron chi connectivity index (χ0n) is 10.1. The van der Waals surface area contributed by atoms with Crippen LogP contribution in [-0.4, -0.2) is 11.1 Å². The first-order valence-electron chi connectivity index (χ1n) is 5.53. The van der Waals surface area contributed by atoms with Gasteiger partial charge in [-0.2, -0.15) is 0 Å². The minimum Gasteiger partial charge on any atom is -0.481 e. The topological polar surface area (TPSA) is 37.3 Å². The van der Waals surface area contributed by atoms with Gasteiger partial charge in [0.15, 0.2) is 11.6 Å². The monoisotopic (exact) mass is 242 g/mol. The number of hydrogen-bond acceptors (Lipinski definition) is 1. The summed E-state index contributed by atoms with van der Waals surface area (Å²) in [4.78, 5) is 10.7. The van der Waals surface area contributed by atoms with Crippen LogP contribution in [0.4, 0.5) is 8.78 Å². The molecule has 0 aliphatic rings. The summed E-state index contributed by atoms with van der Waals surface area (Å²) < 4.78 is 26.8. The molecule has 0 fully saturated rings. The van der Waals surface area contributed by atoms with E-state index in [-0.39, 0.29) is 17.9 Å². The molecular weight excluding hydrogens is 226 g/mol. The Morgan fingerprint density at radius 3 is 2.35 bits per heavy atom. The molecule has 0 saturated carbocycles. The van der Waals surface area contributed by atoms with E-state index < -0.39 is 23.5 Å². The standard InChI is InChI=1S/C13H16F2O2/c1-7(2)9-5-10(4-8(3)13(16)17)12(15)11(14)6-9/h5-8H,4H2,1-3H3,(H,16,17). The first-order chi connectivity index (χ1) is 7.82. The van der Waals surface area contributed by atoms with Gasteiger partial charge in [-0.05, 0) is 29.5 Å². The van der Waals surface area contributed by atoms with Crippen molar-refractivity contribution < 1.29 is 18.7 Å². The van der Waals surface area contributed by atoms with Crippen molar-refractivity contribution >= 4 is 5.97 Å². The van der Waals surface area contributed by atoms with Gasteiger partial charge >= 0.3 is 5.97 Å². The van der Waals surface area contributed by atoms with Gasteiger partial charge in [-0.1, -0.05) is 26.8 Å². The van der Waals surface area contributed by atoms with Crippen LogP contribution in [0.1, 0.15) is 37.8 Å². The van der Waals surface area contributed by atoms with Crippen molar-refractivity contribution in [3.05, 3.63) is 34.9 Å². The molecule has 0 aliphatic carbocycles. The Labute approximate surface area is 99.3 Å². The predicted octanol–water partition coefficient (Wildman–Crippen LogP) is 3.35. The van der Waals surface area contributed by atoms with Crippen molar-refractivity contribution in [1.29, 1.82) is 0 Å². The van der Waals surface area contributed by atoms with Gasteiger partial charge < -0.3 is 5.11 Å². The molecule has 0 radical (unpaired) electrons. The predicted molar refractivity (Wildman–Crippen MR) is 61.0 cm³/mol. The van der Waals surface area contributed by atoms with Crippen LogP contribution in [-0.2, 0) is 11.2 Å². The molecule has 94 valence electrons. The van der Waals surface area contributed by atoms with E-state index in [9.17, 15) is 13.6 Å². The molecule has 4 heteroatoms. The third-order valence-corrected chi connectivity index (χ3v) is 2.74. The van der Waals surface area contributed by atoms with E-state index in [0.717, 1.165) is 6.07 Å². The number of aliphatic carboxylic acids is 1. The van der Waals surface area contributed by atoms with Crippen LogP contribution >= 0.6 is 0 Å². The molecule has 1 aromatic rings. The van der Waals surface area contributed by atoms with Crippen molar-refractivity contribution in [1.82, 2.24) is 0 Å². The average Bonchev–Trinajstić information content (AvgIpc) is 2.23. The molecule has 0 aromatic heterocycles. The minimum atomic E-state index is -1.01. The number of carbonyl (C=O) groups is 1. The van der Waals surface area contributed by atoms with Crippen LogP contribution in [0.25, 0.3) is 0 Å². The van der Waals surface area contributed by atoms with E-state index in [0.29, 0.717) is 5.56 Å². The normalized spacial score (nSPS) is 12.8. The van der Waals surface area contributed by atoms with Crippen molar-refractivity contribution in [2.75, 3.05) is 0 Å². The smallest absolute Gasteiger partial charge is 0.306 e. The summed E-state index contributed by atoms with van der Waals surface area (Å²) in [6.45, 7) is 5.22. The SMILES string of the molecule is CC(Cc1cc(C(C)C)cc(F)c1F)C(=O)O. The molecule has 2 nitrogen and oxygen atoms in total. The Morgan fingerprint density at radius 1 is 1.29 bits per heavy atom. The fourth-order valence-corrected chi connectivity index (χ4v) is 1.57. The van der Waals surface area contributed by atoms with E-state index in [1.807, 2.05) is 13.8 Å². The number of carboxylic acid groups (broad SMARTS) is 1. The lowest BCUT2D eigenvalue weighted by Gasteiger charge is -2.12. The Balaban J connectivity index is 3.09. The quantitative estimate of drug-likeness (QED) is 0.879. The van der Waals surface area contributed by atoms with Gasteiger partial charge in [0.2, 0.25) is 0 Å². The van der Waals surface area contributed by atoms with Gasteiger partial charge in [0.1, 0.15) is 0 Å². The van der Waals surface area contributed by atoms with Gasteiger partial charge in [0, 0.05) is 0 Å². The van der Waals surface area contributed by atoms with Crippen LogP contribution in [0.15, 0.2) is 12.1 Å². The third-order valence-electron chi connectivity index (χ3n) is 2.74. The highest BCUT2D eigenvalue weighted by Gasteiger charge is 2.18. The van der Waals surface area contributed by atoms with Gasteiger partial charge in [-0.15, -0.1) is 0 Å². The maximum absolute atomic E-state index is 13.5. The maximum Gasteiger partial charge on any atom is 0.306 e. The highest BCUT2D eigenvalue weighted by atomic mass is 19.2. The van der Waals surface area contributed by atoms with Crippen molar-refractivity contribution in [2.45, 2.75) is 33.1 Å². The zero-order chi connectivity index (χ0) is 13.2. The van der Waals surface area contributed by atoms with Crippen LogP contribution in [0.3, 0.4) is 0 Å². The Kier molecular flexibility index (Phi) is 4.21. The summed E-state index contributed by atoms with van der Waals surface area (Å²) >= 11 is 0. The second kappa shape index (κ2) is 5.25. The highest BCUT2D eigenvalue weighted by molar-refractivity contribution is 5.69. The molecule has 0 heterocycles. The lowest BCUT2D eigenvalue weighted by molar-refractivity contribution is -0.141. The average molecular weight is 242 g/mol. The van der Waals surface area contributed by atoms with E-state index >= 15 is 0 Å². The Hall–Kier alpha value is -1.45. The largest absolute Gasteiger partial charge is 0.481 e. The van der Waals surface area contributed by atoms with Gasteiger partial charge in [0.25, 0.3) is 0 Å². The van der Waals surface area contributed by atoms with Crippen molar-refractivity contribution in [3.8, 4) is 0 Å². The molecular formula is C13H16F2O2. The maximum atomic E-state index is 13.5. The van der Waals surface area contributed by atoms with Crippen LogP contribution in [0.2, 0.25) is 0 Å². The first-order valence-corrected chi connectivity index (χ1v) is 5.53. The van der Waals surface area contributed by atoms with Gasteiger partial charge in [-0.25, -0.2) is 8.78 Å². The number of carboxylic acids is 1. The molecule has 0 saturated heterocycles. The Bertz CT molecular complexity index is 428. The van der Waals surface area contributed by atoms with Crippen molar-refractivity contribution in [2.24, 2.45) is 5.92 Å². The van der Waals surface area contributed by atoms with E-state index in [2.05, 4.69) is 0 Å². The van der Waals surface area contributed by atoms with Crippen LogP contribution in [0, 0.1) is 17.6 Å². The molecule has 17 heavy (non-hydrogen) atoms. The Morgan fingerprint density at radius 2 is 1.88 bits per heavy atom. The second-order valence-electron chi connectivity index (χ2n) is 4.57. The number of halogens is 2. The number of rotatable bonds is 4. The summed E-state index contributed by atoms with van der Waals surface area (Å²) in [6, 6.07) is 2.71. The lowest BCUT2D eigenvalue weighted by Crippen LogP contribution is -2.14. The lowest BCUT2D eigenvalue weighted by atomic mass is 9.95. The summed E-state index contributed by atoms with van der Waals surface area (Å²) in [5.41, 5.74) is 0.806. The number of hydrogen-bond donors (Lipinski definition) is 1. The molecule has 0 aliphatic heterocycles. The fourth-order valence-electron chi connectivity index (χ4n) is 1.57. The molecule has 1 rings (SSSR count). The van der Waals surface area contributed by atoms with E-state index in [4.69, 9.17) is 5.11 Å².